The summed E-state index contributed by atoms with van der Waals surface area (Å²) in [5.41, 5.74) is -0.348. The zero-order valence-corrected chi connectivity index (χ0v) is 12.6. The van der Waals surface area contributed by atoms with Crippen molar-refractivity contribution in [2.24, 2.45) is 5.92 Å². The van der Waals surface area contributed by atoms with Gasteiger partial charge in [0.05, 0.1) is 12.0 Å². The quantitative estimate of drug-likeness (QED) is 0.838. The number of amides is 1. The largest absolute Gasteiger partial charge is 0.416 e. The second-order valence-corrected chi connectivity index (χ2v) is 5.81. The van der Waals surface area contributed by atoms with Crippen molar-refractivity contribution in [1.82, 2.24) is 5.32 Å². The van der Waals surface area contributed by atoms with Crippen LogP contribution in [0.1, 0.15) is 44.7 Å². The van der Waals surface area contributed by atoms with Gasteiger partial charge < -0.3 is 5.32 Å². The molecular formula is C16H22F3NO. The van der Waals surface area contributed by atoms with E-state index in [9.17, 15) is 18.0 Å². The highest BCUT2D eigenvalue weighted by Crippen LogP contribution is 2.29. The molecule has 1 unspecified atom stereocenters. The molecule has 21 heavy (non-hydrogen) atoms. The molecule has 0 aromatic heterocycles. The van der Waals surface area contributed by atoms with Gasteiger partial charge in [-0.25, -0.2) is 0 Å². The molecule has 0 aliphatic rings. The van der Waals surface area contributed by atoms with E-state index in [-0.39, 0.29) is 18.4 Å². The van der Waals surface area contributed by atoms with Gasteiger partial charge in [-0.05, 0) is 37.3 Å². The lowest BCUT2D eigenvalue weighted by Crippen LogP contribution is -2.33. The fourth-order valence-electron chi connectivity index (χ4n) is 2.02. The summed E-state index contributed by atoms with van der Waals surface area (Å²) in [7, 11) is 0. The van der Waals surface area contributed by atoms with Crippen LogP contribution in [0.5, 0.6) is 0 Å². The van der Waals surface area contributed by atoms with Gasteiger partial charge in [0.15, 0.2) is 0 Å². The van der Waals surface area contributed by atoms with Crippen molar-refractivity contribution in [3.63, 3.8) is 0 Å². The molecule has 0 heterocycles. The molecule has 0 saturated carbocycles. The van der Waals surface area contributed by atoms with Crippen LogP contribution in [0.15, 0.2) is 24.3 Å². The molecule has 1 rings (SSSR count). The van der Waals surface area contributed by atoms with E-state index in [0.717, 1.165) is 25.0 Å². The van der Waals surface area contributed by atoms with Gasteiger partial charge in [-0.15, -0.1) is 0 Å². The number of rotatable bonds is 6. The van der Waals surface area contributed by atoms with Crippen LogP contribution in [0, 0.1) is 5.92 Å². The molecule has 5 heteroatoms. The first kappa shape index (κ1) is 17.5. The van der Waals surface area contributed by atoms with E-state index < -0.39 is 11.7 Å². The normalized spacial score (nSPS) is 13.3. The van der Waals surface area contributed by atoms with E-state index in [1.807, 2.05) is 6.92 Å². The molecule has 1 aromatic rings. The standard InChI is InChI=1S/C16H22F3NO/c1-11(2)7-8-12(3)20-15(21)10-13-5-4-6-14(9-13)16(17,18)19/h4-6,9,11-12H,7-8,10H2,1-3H3,(H,20,21). The minimum absolute atomic E-state index is 0.0318. The Hall–Kier alpha value is -1.52. The molecule has 1 N–H and O–H groups in total. The molecule has 0 aliphatic heterocycles. The van der Waals surface area contributed by atoms with Crippen molar-refractivity contribution in [2.75, 3.05) is 0 Å². The molecule has 1 amide bonds. The molecular weight excluding hydrogens is 279 g/mol. The summed E-state index contributed by atoms with van der Waals surface area (Å²) in [6, 6.07) is 4.93. The third kappa shape index (κ3) is 6.65. The number of halogens is 3. The molecule has 1 atom stereocenters. The molecule has 0 fully saturated rings. The number of carbonyl (C=O) groups excluding carboxylic acids is 1. The second-order valence-electron chi connectivity index (χ2n) is 5.81. The highest BCUT2D eigenvalue weighted by atomic mass is 19.4. The van der Waals surface area contributed by atoms with E-state index in [0.29, 0.717) is 11.5 Å². The Morgan fingerprint density at radius 1 is 1.19 bits per heavy atom. The van der Waals surface area contributed by atoms with E-state index >= 15 is 0 Å². The van der Waals surface area contributed by atoms with Gasteiger partial charge in [-0.3, -0.25) is 4.79 Å². The topological polar surface area (TPSA) is 29.1 Å². The summed E-state index contributed by atoms with van der Waals surface area (Å²) in [4.78, 5) is 11.8. The Morgan fingerprint density at radius 2 is 1.86 bits per heavy atom. The summed E-state index contributed by atoms with van der Waals surface area (Å²) in [6.45, 7) is 6.13. The minimum Gasteiger partial charge on any atom is -0.353 e. The number of nitrogens with one attached hydrogen (secondary N) is 1. The lowest BCUT2D eigenvalue weighted by molar-refractivity contribution is -0.137. The van der Waals surface area contributed by atoms with Crippen LogP contribution in [0.2, 0.25) is 0 Å². The Balaban J connectivity index is 2.55. The second kappa shape index (κ2) is 7.48. The Bertz CT molecular complexity index is 469. The fourth-order valence-corrected chi connectivity index (χ4v) is 2.02. The first-order valence-corrected chi connectivity index (χ1v) is 7.14. The molecule has 0 radical (unpaired) electrons. The molecule has 2 nitrogen and oxygen atoms in total. The van der Waals surface area contributed by atoms with Gasteiger partial charge in [0.25, 0.3) is 0 Å². The Morgan fingerprint density at radius 3 is 2.43 bits per heavy atom. The van der Waals surface area contributed by atoms with Crippen molar-refractivity contribution in [1.29, 1.82) is 0 Å². The lowest BCUT2D eigenvalue weighted by Gasteiger charge is -2.15. The van der Waals surface area contributed by atoms with Gasteiger partial charge in [-0.1, -0.05) is 32.0 Å². The summed E-state index contributed by atoms with van der Waals surface area (Å²) in [5, 5.41) is 2.82. The molecule has 0 saturated heterocycles. The van der Waals surface area contributed by atoms with Gasteiger partial charge in [0.2, 0.25) is 5.91 Å². The SMILES string of the molecule is CC(C)CCC(C)NC(=O)Cc1cccc(C(F)(F)F)c1. The average molecular weight is 301 g/mol. The predicted molar refractivity (Wildman–Crippen MR) is 76.8 cm³/mol. The molecule has 0 aliphatic carbocycles. The van der Waals surface area contributed by atoms with Crippen LogP contribution in [0.25, 0.3) is 0 Å². The van der Waals surface area contributed by atoms with Crippen LogP contribution < -0.4 is 5.32 Å². The highest BCUT2D eigenvalue weighted by Gasteiger charge is 2.30. The zero-order chi connectivity index (χ0) is 16.0. The molecule has 0 bridgehead atoms. The van der Waals surface area contributed by atoms with Gasteiger partial charge in [-0.2, -0.15) is 13.2 Å². The summed E-state index contributed by atoms with van der Waals surface area (Å²) in [6.07, 6.45) is -2.54. The summed E-state index contributed by atoms with van der Waals surface area (Å²) < 4.78 is 37.8. The molecule has 1 aromatic carbocycles. The molecule has 0 spiro atoms. The minimum atomic E-state index is -4.38. The van der Waals surface area contributed by atoms with E-state index in [2.05, 4.69) is 19.2 Å². The number of hydrogen-bond donors (Lipinski definition) is 1. The zero-order valence-electron chi connectivity index (χ0n) is 12.6. The number of carbonyl (C=O) groups is 1. The third-order valence-corrected chi connectivity index (χ3v) is 3.20. The number of hydrogen-bond acceptors (Lipinski definition) is 1. The van der Waals surface area contributed by atoms with Crippen molar-refractivity contribution >= 4 is 5.91 Å². The van der Waals surface area contributed by atoms with Crippen LogP contribution in [0.4, 0.5) is 13.2 Å². The first-order chi connectivity index (χ1) is 9.68. The van der Waals surface area contributed by atoms with Crippen LogP contribution >= 0.6 is 0 Å². The van der Waals surface area contributed by atoms with E-state index in [1.54, 1.807) is 0 Å². The summed E-state index contributed by atoms with van der Waals surface area (Å²) in [5.74, 6) is 0.318. The Labute approximate surface area is 123 Å². The van der Waals surface area contributed by atoms with Crippen LogP contribution in [-0.2, 0) is 17.4 Å². The third-order valence-electron chi connectivity index (χ3n) is 3.20. The summed E-state index contributed by atoms with van der Waals surface area (Å²) >= 11 is 0. The monoisotopic (exact) mass is 301 g/mol. The smallest absolute Gasteiger partial charge is 0.353 e. The van der Waals surface area contributed by atoms with Gasteiger partial charge >= 0.3 is 6.18 Å². The maximum atomic E-state index is 12.6. The van der Waals surface area contributed by atoms with Crippen molar-refractivity contribution in [2.45, 2.75) is 52.3 Å². The van der Waals surface area contributed by atoms with Crippen LogP contribution in [-0.4, -0.2) is 11.9 Å². The fraction of sp³-hybridized carbons (Fsp3) is 0.562. The lowest BCUT2D eigenvalue weighted by atomic mass is 10.0. The molecule has 118 valence electrons. The van der Waals surface area contributed by atoms with E-state index in [1.165, 1.54) is 12.1 Å². The first-order valence-electron chi connectivity index (χ1n) is 7.14. The van der Waals surface area contributed by atoms with Crippen LogP contribution in [0.3, 0.4) is 0 Å². The maximum Gasteiger partial charge on any atom is 0.416 e. The van der Waals surface area contributed by atoms with Crippen molar-refractivity contribution < 1.29 is 18.0 Å². The van der Waals surface area contributed by atoms with E-state index in [4.69, 9.17) is 0 Å². The maximum absolute atomic E-state index is 12.6. The number of benzene rings is 1. The highest BCUT2D eigenvalue weighted by molar-refractivity contribution is 5.78. The average Bonchev–Trinajstić information content (AvgIpc) is 2.35. The Kier molecular flexibility index (Phi) is 6.24. The van der Waals surface area contributed by atoms with Crippen molar-refractivity contribution in [3.8, 4) is 0 Å². The van der Waals surface area contributed by atoms with Crippen molar-refractivity contribution in [3.05, 3.63) is 35.4 Å². The number of alkyl halides is 3. The van der Waals surface area contributed by atoms with Gasteiger partial charge in [0, 0.05) is 6.04 Å². The van der Waals surface area contributed by atoms with Gasteiger partial charge in [0.1, 0.15) is 0 Å². The predicted octanol–water partition coefficient (Wildman–Crippen LogP) is 4.19.